The van der Waals surface area contributed by atoms with Gasteiger partial charge in [0.2, 0.25) is 5.88 Å². The number of rotatable bonds is 11. The van der Waals surface area contributed by atoms with Crippen molar-refractivity contribution in [2.24, 2.45) is 0 Å². The molecule has 0 unspecified atom stereocenters. The number of benzene rings is 4. The van der Waals surface area contributed by atoms with E-state index in [2.05, 4.69) is 4.98 Å². The molecule has 1 aromatic heterocycles. The third kappa shape index (κ3) is 7.29. The van der Waals surface area contributed by atoms with Crippen molar-refractivity contribution in [1.29, 1.82) is 0 Å². The summed E-state index contributed by atoms with van der Waals surface area (Å²) in [5.74, 6) is -0.302. The number of aromatic nitrogens is 1. The first-order valence-corrected chi connectivity index (χ1v) is 13.9. The van der Waals surface area contributed by atoms with Crippen LogP contribution in [0.5, 0.6) is 5.88 Å². The van der Waals surface area contributed by atoms with Crippen LogP contribution in [0.1, 0.15) is 43.0 Å². The van der Waals surface area contributed by atoms with Gasteiger partial charge < -0.3 is 14.5 Å². The Balaban J connectivity index is 1.48. The molecule has 6 heteroatoms. The summed E-state index contributed by atoms with van der Waals surface area (Å²) >= 11 is 0. The smallest absolute Gasteiger partial charge is 0.259 e. The summed E-state index contributed by atoms with van der Waals surface area (Å²) in [7, 11) is 1.48. The van der Waals surface area contributed by atoms with Crippen molar-refractivity contribution < 1.29 is 14.3 Å². The molecule has 2 amide bonds. The highest BCUT2D eigenvalue weighted by atomic mass is 16.5. The molecule has 42 heavy (non-hydrogen) atoms. The van der Waals surface area contributed by atoms with E-state index < -0.39 is 0 Å². The SMILES string of the molecule is COc1ncc(C(=O)N(Cc2ccccc2)Cc2ccccc2)cc1C(=O)N(Cc1ccccc1)Cc1ccccc1. The van der Waals surface area contributed by atoms with E-state index in [1.54, 1.807) is 15.9 Å². The number of hydrogen-bond donors (Lipinski definition) is 0. The molecular formula is C36H33N3O3. The Morgan fingerprint density at radius 1 is 0.571 bits per heavy atom. The standard InChI is InChI=1S/C36H33N3O3/c1-42-34-33(36(41)39(26-30-18-10-4-11-19-30)27-31-20-12-5-13-21-31)22-32(23-37-34)35(40)38(24-28-14-6-2-7-15-28)25-29-16-8-3-9-17-29/h2-23H,24-27H2,1H3. The molecule has 0 saturated carbocycles. The maximum atomic E-state index is 14.1. The van der Waals surface area contributed by atoms with Crippen molar-refractivity contribution in [3.8, 4) is 5.88 Å². The van der Waals surface area contributed by atoms with Crippen LogP contribution in [0, 0.1) is 0 Å². The molecule has 0 aliphatic rings. The predicted octanol–water partition coefficient (Wildman–Crippen LogP) is 6.78. The Hall–Kier alpha value is -5.23. The van der Waals surface area contributed by atoms with Crippen molar-refractivity contribution in [1.82, 2.24) is 14.8 Å². The summed E-state index contributed by atoms with van der Waals surface area (Å²) in [6, 6.07) is 41.0. The van der Waals surface area contributed by atoms with Gasteiger partial charge in [-0.2, -0.15) is 0 Å². The van der Waals surface area contributed by atoms with Gasteiger partial charge in [-0.25, -0.2) is 4.98 Å². The summed E-state index contributed by atoms with van der Waals surface area (Å²) in [6.07, 6.45) is 1.49. The average Bonchev–Trinajstić information content (AvgIpc) is 3.05. The fourth-order valence-electron chi connectivity index (χ4n) is 4.85. The van der Waals surface area contributed by atoms with Gasteiger partial charge in [0.1, 0.15) is 5.56 Å². The van der Waals surface area contributed by atoms with Crippen LogP contribution in [0.25, 0.3) is 0 Å². The second-order valence-electron chi connectivity index (χ2n) is 10.0. The lowest BCUT2D eigenvalue weighted by atomic mass is 10.1. The van der Waals surface area contributed by atoms with Gasteiger partial charge in [-0.05, 0) is 28.3 Å². The molecule has 0 fully saturated rings. The molecule has 210 valence electrons. The van der Waals surface area contributed by atoms with Crippen molar-refractivity contribution in [3.05, 3.63) is 167 Å². The van der Waals surface area contributed by atoms with Gasteiger partial charge in [-0.15, -0.1) is 0 Å². The number of carbonyl (C=O) groups is 2. The largest absolute Gasteiger partial charge is 0.480 e. The summed E-state index contributed by atoms with van der Waals surface area (Å²) in [4.78, 5) is 36.1. The normalized spacial score (nSPS) is 10.6. The van der Waals surface area contributed by atoms with Crippen molar-refractivity contribution in [2.75, 3.05) is 7.11 Å². The van der Waals surface area contributed by atoms with E-state index in [4.69, 9.17) is 4.74 Å². The Morgan fingerprint density at radius 2 is 0.929 bits per heavy atom. The summed E-state index contributed by atoms with van der Waals surface area (Å²) in [6.45, 7) is 1.62. The first-order chi connectivity index (χ1) is 20.6. The number of methoxy groups -OCH3 is 1. The average molecular weight is 556 g/mol. The summed E-state index contributed by atoms with van der Waals surface area (Å²) in [5, 5.41) is 0. The second-order valence-corrected chi connectivity index (χ2v) is 10.0. The maximum absolute atomic E-state index is 14.1. The van der Waals surface area contributed by atoms with Gasteiger partial charge in [0, 0.05) is 32.4 Å². The number of hydrogen-bond acceptors (Lipinski definition) is 4. The van der Waals surface area contributed by atoms with Crippen LogP contribution in [0.15, 0.2) is 134 Å². The van der Waals surface area contributed by atoms with Crippen molar-refractivity contribution in [2.45, 2.75) is 26.2 Å². The number of pyridine rings is 1. The Bertz CT molecular complexity index is 1510. The van der Waals surface area contributed by atoms with Gasteiger partial charge in [0.25, 0.3) is 11.8 Å². The molecule has 0 radical (unpaired) electrons. The molecular weight excluding hydrogens is 522 g/mol. The Kier molecular flexibility index (Phi) is 9.37. The van der Waals surface area contributed by atoms with E-state index in [1.165, 1.54) is 13.3 Å². The van der Waals surface area contributed by atoms with Crippen molar-refractivity contribution in [3.63, 3.8) is 0 Å². The minimum Gasteiger partial charge on any atom is -0.480 e. The quantitative estimate of drug-likeness (QED) is 0.180. The van der Waals surface area contributed by atoms with E-state index in [-0.39, 0.29) is 23.3 Å². The zero-order chi connectivity index (χ0) is 29.1. The fraction of sp³-hybridized carbons (Fsp3) is 0.139. The summed E-state index contributed by atoms with van der Waals surface area (Å²) in [5.41, 5.74) is 4.59. The number of nitrogens with zero attached hydrogens (tertiary/aromatic N) is 3. The molecule has 6 nitrogen and oxygen atoms in total. The molecule has 5 rings (SSSR count). The van der Waals surface area contributed by atoms with Gasteiger partial charge in [0.15, 0.2) is 0 Å². The summed E-state index contributed by atoms with van der Waals surface area (Å²) < 4.78 is 5.52. The lowest BCUT2D eigenvalue weighted by molar-refractivity contribution is 0.0723. The molecule has 0 aliphatic carbocycles. The zero-order valence-electron chi connectivity index (χ0n) is 23.6. The highest BCUT2D eigenvalue weighted by Crippen LogP contribution is 2.23. The van der Waals surface area contributed by atoms with Gasteiger partial charge in [0.05, 0.1) is 12.7 Å². The van der Waals surface area contributed by atoms with Crippen LogP contribution in [0.2, 0.25) is 0 Å². The lowest BCUT2D eigenvalue weighted by Gasteiger charge is -2.25. The second kappa shape index (κ2) is 13.9. The van der Waals surface area contributed by atoms with Crippen LogP contribution < -0.4 is 4.74 Å². The van der Waals surface area contributed by atoms with Crippen LogP contribution >= 0.6 is 0 Å². The molecule has 5 aromatic rings. The van der Waals surface area contributed by atoms with E-state index in [0.29, 0.717) is 31.7 Å². The number of ether oxygens (including phenoxy) is 1. The predicted molar refractivity (Wildman–Crippen MR) is 164 cm³/mol. The molecule has 1 heterocycles. The first kappa shape index (κ1) is 28.3. The molecule has 0 bridgehead atoms. The Morgan fingerprint density at radius 3 is 1.29 bits per heavy atom. The highest BCUT2D eigenvalue weighted by molar-refractivity contribution is 6.00. The van der Waals surface area contributed by atoms with Crippen LogP contribution in [0.4, 0.5) is 0 Å². The third-order valence-corrected chi connectivity index (χ3v) is 6.96. The van der Waals surface area contributed by atoms with Gasteiger partial charge >= 0.3 is 0 Å². The maximum Gasteiger partial charge on any atom is 0.259 e. The van der Waals surface area contributed by atoms with Crippen LogP contribution in [0.3, 0.4) is 0 Å². The molecule has 0 saturated heterocycles. The molecule has 0 atom stereocenters. The topological polar surface area (TPSA) is 62.7 Å². The third-order valence-electron chi connectivity index (χ3n) is 6.96. The Labute approximate surface area is 246 Å². The lowest BCUT2D eigenvalue weighted by Crippen LogP contribution is -2.32. The molecule has 0 aliphatic heterocycles. The number of carbonyl (C=O) groups excluding carboxylic acids is 2. The number of amides is 2. The van der Waals surface area contributed by atoms with Crippen LogP contribution in [-0.2, 0) is 26.2 Å². The van der Waals surface area contributed by atoms with Crippen molar-refractivity contribution >= 4 is 11.8 Å². The monoisotopic (exact) mass is 555 g/mol. The van der Waals surface area contributed by atoms with Gasteiger partial charge in [-0.1, -0.05) is 121 Å². The fourth-order valence-corrected chi connectivity index (χ4v) is 4.85. The molecule has 0 spiro atoms. The molecule has 0 N–H and O–H groups in total. The first-order valence-electron chi connectivity index (χ1n) is 13.9. The van der Waals surface area contributed by atoms with E-state index in [0.717, 1.165) is 22.3 Å². The minimum absolute atomic E-state index is 0.181. The van der Waals surface area contributed by atoms with E-state index >= 15 is 0 Å². The van der Waals surface area contributed by atoms with Crippen LogP contribution in [-0.4, -0.2) is 33.7 Å². The zero-order valence-corrected chi connectivity index (χ0v) is 23.6. The van der Waals surface area contributed by atoms with E-state index in [1.807, 2.05) is 121 Å². The van der Waals surface area contributed by atoms with Gasteiger partial charge in [-0.3, -0.25) is 9.59 Å². The molecule has 4 aromatic carbocycles. The van der Waals surface area contributed by atoms with E-state index in [9.17, 15) is 9.59 Å². The minimum atomic E-state index is -0.264. The highest BCUT2D eigenvalue weighted by Gasteiger charge is 2.25.